The van der Waals surface area contributed by atoms with Crippen molar-refractivity contribution in [3.8, 4) is 0 Å². The van der Waals surface area contributed by atoms with Gasteiger partial charge in [0.25, 0.3) is 5.91 Å². The molecule has 1 saturated heterocycles. The molecule has 2 heterocycles. The van der Waals surface area contributed by atoms with Crippen molar-refractivity contribution >= 4 is 17.5 Å². The van der Waals surface area contributed by atoms with E-state index in [4.69, 9.17) is 11.6 Å². The number of halogens is 1. The van der Waals surface area contributed by atoms with Gasteiger partial charge in [-0.3, -0.25) is 4.79 Å². The summed E-state index contributed by atoms with van der Waals surface area (Å²) in [5.74, 6) is -0.00152. The second-order valence-corrected chi connectivity index (χ2v) is 5.03. The average molecular weight is 268 g/mol. The number of rotatable bonds is 4. The van der Waals surface area contributed by atoms with Crippen molar-refractivity contribution in [2.24, 2.45) is 0 Å². The van der Waals surface area contributed by atoms with E-state index in [0.29, 0.717) is 10.7 Å². The highest BCUT2D eigenvalue weighted by Gasteiger charge is 2.15. The Morgan fingerprint density at radius 1 is 1.44 bits per heavy atom. The predicted molar refractivity (Wildman–Crippen MR) is 71.9 cm³/mol. The van der Waals surface area contributed by atoms with Crippen LogP contribution >= 0.6 is 11.6 Å². The topological polar surface area (TPSA) is 36.4 Å². The fraction of sp³-hybridized carbons (Fsp3) is 0.538. The highest BCUT2D eigenvalue weighted by Crippen LogP contribution is 2.09. The van der Waals surface area contributed by atoms with E-state index >= 15 is 0 Å². The Morgan fingerprint density at radius 2 is 2.17 bits per heavy atom. The zero-order valence-corrected chi connectivity index (χ0v) is 11.4. The first kappa shape index (κ1) is 13.3. The molecular formula is C13H18ClN3O. The number of aromatic nitrogens is 1. The third-order valence-corrected chi connectivity index (χ3v) is 3.49. The van der Waals surface area contributed by atoms with E-state index < -0.39 is 0 Å². The lowest BCUT2D eigenvalue weighted by atomic mass is 10.2. The van der Waals surface area contributed by atoms with Crippen LogP contribution in [0.25, 0.3) is 0 Å². The first-order chi connectivity index (χ1) is 8.66. The SMILES string of the molecule is CN(CCN1CCCC1)C(=O)c1ccc(Cl)nc1. The summed E-state index contributed by atoms with van der Waals surface area (Å²) >= 11 is 5.70. The molecule has 0 bridgehead atoms. The number of nitrogens with zero attached hydrogens (tertiary/aromatic N) is 3. The third kappa shape index (κ3) is 3.43. The summed E-state index contributed by atoms with van der Waals surface area (Å²) in [4.78, 5) is 20.1. The van der Waals surface area contributed by atoms with Gasteiger partial charge in [0, 0.05) is 26.3 Å². The van der Waals surface area contributed by atoms with E-state index in [1.807, 2.05) is 7.05 Å². The van der Waals surface area contributed by atoms with Crippen LogP contribution in [-0.4, -0.2) is 53.9 Å². The van der Waals surface area contributed by atoms with Crippen LogP contribution in [0, 0.1) is 0 Å². The molecule has 1 aromatic rings. The molecule has 4 nitrogen and oxygen atoms in total. The molecule has 0 unspecified atom stereocenters. The van der Waals surface area contributed by atoms with Gasteiger partial charge in [0.05, 0.1) is 5.56 Å². The van der Waals surface area contributed by atoms with Crippen LogP contribution in [0.2, 0.25) is 5.15 Å². The van der Waals surface area contributed by atoms with Gasteiger partial charge < -0.3 is 9.80 Å². The molecule has 18 heavy (non-hydrogen) atoms. The molecule has 98 valence electrons. The Labute approximate surface area is 113 Å². The zero-order valence-electron chi connectivity index (χ0n) is 10.6. The van der Waals surface area contributed by atoms with Crippen molar-refractivity contribution in [1.82, 2.24) is 14.8 Å². The smallest absolute Gasteiger partial charge is 0.255 e. The largest absolute Gasteiger partial charge is 0.340 e. The van der Waals surface area contributed by atoms with Gasteiger partial charge in [0.2, 0.25) is 0 Å². The van der Waals surface area contributed by atoms with E-state index in [1.54, 1.807) is 17.0 Å². The molecule has 0 saturated carbocycles. The third-order valence-electron chi connectivity index (χ3n) is 3.27. The van der Waals surface area contributed by atoms with Crippen molar-refractivity contribution in [1.29, 1.82) is 0 Å². The molecule has 0 spiro atoms. The molecule has 1 aliphatic rings. The van der Waals surface area contributed by atoms with Crippen LogP contribution in [0.15, 0.2) is 18.3 Å². The van der Waals surface area contributed by atoms with Crippen LogP contribution in [0.3, 0.4) is 0 Å². The summed E-state index contributed by atoms with van der Waals surface area (Å²) in [5, 5.41) is 0.409. The number of hydrogen-bond acceptors (Lipinski definition) is 3. The van der Waals surface area contributed by atoms with Crippen LogP contribution in [0.4, 0.5) is 0 Å². The molecule has 0 aliphatic carbocycles. The minimum Gasteiger partial charge on any atom is -0.340 e. The van der Waals surface area contributed by atoms with Crippen LogP contribution in [0.1, 0.15) is 23.2 Å². The van der Waals surface area contributed by atoms with E-state index in [1.165, 1.54) is 19.0 Å². The quantitative estimate of drug-likeness (QED) is 0.782. The van der Waals surface area contributed by atoms with Crippen molar-refractivity contribution in [3.63, 3.8) is 0 Å². The summed E-state index contributed by atoms with van der Waals surface area (Å²) in [6.07, 6.45) is 4.08. The van der Waals surface area contributed by atoms with Gasteiger partial charge in [-0.25, -0.2) is 4.98 Å². The molecule has 0 aromatic carbocycles. The maximum Gasteiger partial charge on any atom is 0.255 e. The van der Waals surface area contributed by atoms with Gasteiger partial charge >= 0.3 is 0 Å². The van der Waals surface area contributed by atoms with E-state index in [9.17, 15) is 4.79 Å². The fourth-order valence-corrected chi connectivity index (χ4v) is 2.23. The number of carbonyl (C=O) groups excluding carboxylic acids is 1. The molecular weight excluding hydrogens is 250 g/mol. The molecule has 1 aliphatic heterocycles. The first-order valence-electron chi connectivity index (χ1n) is 6.26. The standard InChI is InChI=1S/C13H18ClN3O/c1-16(8-9-17-6-2-3-7-17)13(18)11-4-5-12(14)15-10-11/h4-5,10H,2-3,6-9H2,1H3. The number of amides is 1. The lowest BCUT2D eigenvalue weighted by Gasteiger charge is -2.21. The number of carbonyl (C=O) groups is 1. The summed E-state index contributed by atoms with van der Waals surface area (Å²) in [7, 11) is 1.83. The predicted octanol–water partition coefficient (Wildman–Crippen LogP) is 1.90. The molecule has 1 fully saturated rings. The minimum absolute atomic E-state index is 0.00152. The van der Waals surface area contributed by atoms with E-state index in [2.05, 4.69) is 9.88 Å². The van der Waals surface area contributed by atoms with Crippen molar-refractivity contribution in [2.45, 2.75) is 12.8 Å². The Bertz CT molecular complexity index is 401. The fourth-order valence-electron chi connectivity index (χ4n) is 2.12. The summed E-state index contributed by atoms with van der Waals surface area (Å²) in [6, 6.07) is 3.35. The van der Waals surface area contributed by atoms with E-state index in [-0.39, 0.29) is 5.91 Å². The zero-order chi connectivity index (χ0) is 13.0. The van der Waals surface area contributed by atoms with Crippen molar-refractivity contribution < 1.29 is 4.79 Å². The van der Waals surface area contributed by atoms with Crippen molar-refractivity contribution in [3.05, 3.63) is 29.0 Å². The Balaban J connectivity index is 1.85. The molecule has 1 aromatic heterocycles. The van der Waals surface area contributed by atoms with Gasteiger partial charge in [-0.1, -0.05) is 11.6 Å². The second kappa shape index (κ2) is 6.16. The monoisotopic (exact) mass is 267 g/mol. The number of pyridine rings is 1. The first-order valence-corrected chi connectivity index (χ1v) is 6.64. The van der Waals surface area contributed by atoms with Crippen LogP contribution in [-0.2, 0) is 0 Å². The highest BCUT2D eigenvalue weighted by molar-refractivity contribution is 6.29. The average Bonchev–Trinajstić information content (AvgIpc) is 2.89. The Hall–Kier alpha value is -1.13. The van der Waals surface area contributed by atoms with Gasteiger partial charge in [-0.15, -0.1) is 0 Å². The molecule has 0 radical (unpaired) electrons. The maximum atomic E-state index is 12.1. The lowest BCUT2D eigenvalue weighted by molar-refractivity contribution is 0.0782. The summed E-state index contributed by atoms with van der Waals surface area (Å²) in [5.41, 5.74) is 0.586. The van der Waals surface area contributed by atoms with Gasteiger partial charge in [0.1, 0.15) is 5.15 Å². The number of hydrogen-bond donors (Lipinski definition) is 0. The number of likely N-dealkylation sites (N-methyl/N-ethyl adjacent to an activating group) is 1. The second-order valence-electron chi connectivity index (χ2n) is 4.65. The van der Waals surface area contributed by atoms with Gasteiger partial charge in [0.15, 0.2) is 0 Å². The van der Waals surface area contributed by atoms with Crippen LogP contribution in [0.5, 0.6) is 0 Å². The Morgan fingerprint density at radius 3 is 2.78 bits per heavy atom. The Kier molecular flexibility index (Phi) is 4.55. The lowest BCUT2D eigenvalue weighted by Crippen LogP contribution is -2.35. The molecule has 5 heteroatoms. The normalized spacial score (nSPS) is 15.9. The van der Waals surface area contributed by atoms with Crippen LogP contribution < -0.4 is 0 Å². The molecule has 1 amide bonds. The van der Waals surface area contributed by atoms with E-state index in [0.717, 1.165) is 26.2 Å². The van der Waals surface area contributed by atoms with Gasteiger partial charge in [-0.05, 0) is 38.1 Å². The molecule has 2 rings (SSSR count). The minimum atomic E-state index is -0.00152. The summed E-state index contributed by atoms with van der Waals surface area (Å²) < 4.78 is 0. The molecule has 0 N–H and O–H groups in total. The van der Waals surface area contributed by atoms with Gasteiger partial charge in [-0.2, -0.15) is 0 Å². The molecule has 0 atom stereocenters. The number of likely N-dealkylation sites (tertiary alicyclic amines) is 1. The van der Waals surface area contributed by atoms with Crippen molar-refractivity contribution in [2.75, 3.05) is 33.2 Å². The summed E-state index contributed by atoms with van der Waals surface area (Å²) in [6.45, 7) is 4.01. The highest BCUT2D eigenvalue weighted by atomic mass is 35.5. The maximum absolute atomic E-state index is 12.1.